The lowest BCUT2D eigenvalue weighted by Gasteiger charge is -2.41. The van der Waals surface area contributed by atoms with Gasteiger partial charge in [-0.1, -0.05) is 99.7 Å². The second-order valence-electron chi connectivity index (χ2n) is 8.33. The van der Waals surface area contributed by atoms with Gasteiger partial charge in [-0.2, -0.15) is 0 Å². The number of hydrogen-bond donors (Lipinski definition) is 1. The van der Waals surface area contributed by atoms with E-state index in [0.717, 1.165) is 51.3 Å². The minimum absolute atomic E-state index is 0.0374. The summed E-state index contributed by atoms with van der Waals surface area (Å²) in [5, 5.41) is 12.2. The molecule has 1 aliphatic rings. The maximum Gasteiger partial charge on any atom is 0.0977 e. The van der Waals surface area contributed by atoms with E-state index in [1.165, 1.54) is 31.2 Å². The van der Waals surface area contributed by atoms with Gasteiger partial charge in [0.25, 0.3) is 0 Å². The third-order valence-corrected chi connectivity index (χ3v) is 6.26. The second-order valence-corrected chi connectivity index (χ2v) is 8.33. The first kappa shape index (κ1) is 22.0. The standard InChI is InChI=1S/C26H37NO2/c1-2-3-4-5-12-17-26(28,24-15-10-7-11-16-24)25(23-13-8-6-9-14-23)22-27-18-20-29-21-19-27/h6-11,13-16,25,28H,2-5,12,17-22H2,1H3/t25-,26+/m0/s1. The maximum atomic E-state index is 12.2. The zero-order chi connectivity index (χ0) is 20.4. The minimum atomic E-state index is -0.868. The van der Waals surface area contributed by atoms with Crippen LogP contribution in [-0.2, 0) is 10.3 Å². The highest BCUT2D eigenvalue weighted by molar-refractivity contribution is 5.31. The fourth-order valence-corrected chi connectivity index (χ4v) is 4.50. The first-order valence-corrected chi connectivity index (χ1v) is 11.4. The Kier molecular flexibility index (Phi) is 8.72. The van der Waals surface area contributed by atoms with Crippen LogP contribution in [0.15, 0.2) is 60.7 Å². The molecule has 0 radical (unpaired) electrons. The van der Waals surface area contributed by atoms with Gasteiger partial charge in [-0.15, -0.1) is 0 Å². The van der Waals surface area contributed by atoms with Crippen LogP contribution in [0, 0.1) is 0 Å². The summed E-state index contributed by atoms with van der Waals surface area (Å²) < 4.78 is 5.56. The van der Waals surface area contributed by atoms with E-state index in [9.17, 15) is 5.11 Å². The molecule has 3 heteroatoms. The largest absolute Gasteiger partial charge is 0.384 e. The molecule has 0 unspecified atom stereocenters. The summed E-state index contributed by atoms with van der Waals surface area (Å²) in [6.45, 7) is 6.53. The van der Waals surface area contributed by atoms with Crippen LogP contribution >= 0.6 is 0 Å². The first-order chi connectivity index (χ1) is 14.2. The molecular weight excluding hydrogens is 358 g/mol. The Morgan fingerprint density at radius 1 is 0.897 bits per heavy atom. The lowest BCUT2D eigenvalue weighted by molar-refractivity contribution is -0.0296. The molecule has 0 aliphatic carbocycles. The monoisotopic (exact) mass is 395 g/mol. The Bertz CT molecular complexity index is 684. The molecule has 3 nitrogen and oxygen atoms in total. The summed E-state index contributed by atoms with van der Waals surface area (Å²) in [7, 11) is 0. The maximum absolute atomic E-state index is 12.2. The average Bonchev–Trinajstić information content (AvgIpc) is 2.79. The quantitative estimate of drug-likeness (QED) is 0.521. The second kappa shape index (κ2) is 11.5. The molecule has 2 atom stereocenters. The van der Waals surface area contributed by atoms with Crippen molar-refractivity contribution in [3.63, 3.8) is 0 Å². The van der Waals surface area contributed by atoms with Gasteiger partial charge in [0.2, 0.25) is 0 Å². The van der Waals surface area contributed by atoms with Gasteiger partial charge in [-0.3, -0.25) is 4.90 Å². The van der Waals surface area contributed by atoms with Crippen molar-refractivity contribution in [2.45, 2.75) is 57.0 Å². The predicted molar refractivity (Wildman–Crippen MR) is 120 cm³/mol. The Labute approximate surface area is 176 Å². The predicted octanol–water partition coefficient (Wildman–Crippen LogP) is 5.35. The summed E-state index contributed by atoms with van der Waals surface area (Å²) in [5.74, 6) is 0.0374. The zero-order valence-corrected chi connectivity index (χ0v) is 17.9. The molecule has 0 saturated carbocycles. The SMILES string of the molecule is CCCCCCC[C@@](O)(c1ccccc1)[C@@H](CN1CCOCC1)c1ccccc1. The number of ether oxygens (including phenoxy) is 1. The number of morpholine rings is 1. The molecule has 1 aliphatic heterocycles. The molecule has 1 heterocycles. The molecule has 158 valence electrons. The smallest absolute Gasteiger partial charge is 0.0977 e. The Morgan fingerprint density at radius 2 is 1.52 bits per heavy atom. The summed E-state index contributed by atoms with van der Waals surface area (Å²) in [4.78, 5) is 2.45. The van der Waals surface area contributed by atoms with Crippen LogP contribution in [0.2, 0.25) is 0 Å². The van der Waals surface area contributed by atoms with E-state index in [1.54, 1.807) is 0 Å². The molecule has 1 N–H and O–H groups in total. The molecular formula is C26H37NO2. The number of benzene rings is 2. The van der Waals surface area contributed by atoms with Gasteiger partial charge in [0, 0.05) is 25.6 Å². The number of nitrogens with zero attached hydrogens (tertiary/aromatic N) is 1. The van der Waals surface area contributed by atoms with Gasteiger partial charge in [0.1, 0.15) is 0 Å². The van der Waals surface area contributed by atoms with Crippen LogP contribution in [-0.4, -0.2) is 42.9 Å². The number of unbranched alkanes of at least 4 members (excludes halogenated alkanes) is 4. The van der Waals surface area contributed by atoms with Gasteiger partial charge < -0.3 is 9.84 Å². The van der Waals surface area contributed by atoms with Gasteiger partial charge in [-0.25, -0.2) is 0 Å². The topological polar surface area (TPSA) is 32.7 Å². The van der Waals surface area contributed by atoms with Crippen molar-refractivity contribution < 1.29 is 9.84 Å². The summed E-state index contributed by atoms with van der Waals surface area (Å²) in [5.41, 5.74) is 1.39. The van der Waals surface area contributed by atoms with Crippen LogP contribution in [0.5, 0.6) is 0 Å². The highest BCUT2D eigenvalue weighted by atomic mass is 16.5. The third-order valence-electron chi connectivity index (χ3n) is 6.26. The van der Waals surface area contributed by atoms with Crippen LogP contribution in [0.4, 0.5) is 0 Å². The van der Waals surface area contributed by atoms with E-state index in [1.807, 2.05) is 18.2 Å². The molecule has 29 heavy (non-hydrogen) atoms. The third kappa shape index (κ3) is 6.15. The Hall–Kier alpha value is -1.68. The molecule has 2 aromatic carbocycles. The lowest BCUT2D eigenvalue weighted by Crippen LogP contribution is -2.45. The van der Waals surface area contributed by atoms with Crippen LogP contribution in [0.25, 0.3) is 0 Å². The number of aliphatic hydroxyl groups is 1. The van der Waals surface area contributed by atoms with Gasteiger partial charge in [0.05, 0.1) is 18.8 Å². The van der Waals surface area contributed by atoms with Gasteiger partial charge >= 0.3 is 0 Å². The van der Waals surface area contributed by atoms with Crippen LogP contribution in [0.3, 0.4) is 0 Å². The highest BCUT2D eigenvalue weighted by Gasteiger charge is 2.39. The summed E-state index contributed by atoms with van der Waals surface area (Å²) >= 11 is 0. The minimum Gasteiger partial charge on any atom is -0.384 e. The molecule has 2 aromatic rings. The van der Waals surface area contributed by atoms with E-state index in [0.29, 0.717) is 0 Å². The summed E-state index contributed by atoms with van der Waals surface area (Å²) in [6, 6.07) is 20.9. The average molecular weight is 396 g/mol. The van der Waals surface area contributed by atoms with Gasteiger partial charge in [0.15, 0.2) is 0 Å². The van der Waals surface area contributed by atoms with Crippen molar-refractivity contribution in [3.8, 4) is 0 Å². The fourth-order valence-electron chi connectivity index (χ4n) is 4.50. The normalized spacial score (nSPS) is 18.3. The molecule has 0 amide bonds. The van der Waals surface area contributed by atoms with Crippen molar-refractivity contribution in [2.24, 2.45) is 0 Å². The van der Waals surface area contributed by atoms with E-state index >= 15 is 0 Å². The van der Waals surface area contributed by atoms with Crippen molar-refractivity contribution in [1.82, 2.24) is 4.90 Å². The molecule has 1 saturated heterocycles. The van der Waals surface area contributed by atoms with Crippen molar-refractivity contribution >= 4 is 0 Å². The summed E-state index contributed by atoms with van der Waals surface area (Å²) in [6.07, 6.45) is 6.80. The van der Waals surface area contributed by atoms with E-state index in [2.05, 4.69) is 54.3 Å². The number of hydrogen-bond acceptors (Lipinski definition) is 3. The van der Waals surface area contributed by atoms with Crippen molar-refractivity contribution in [2.75, 3.05) is 32.8 Å². The van der Waals surface area contributed by atoms with Crippen molar-refractivity contribution in [1.29, 1.82) is 0 Å². The zero-order valence-electron chi connectivity index (χ0n) is 17.9. The fraction of sp³-hybridized carbons (Fsp3) is 0.538. The molecule has 1 fully saturated rings. The lowest BCUT2D eigenvalue weighted by atomic mass is 9.74. The van der Waals surface area contributed by atoms with Crippen LogP contribution in [0.1, 0.15) is 62.5 Å². The number of rotatable bonds is 11. The molecule has 0 aromatic heterocycles. The van der Waals surface area contributed by atoms with E-state index in [-0.39, 0.29) is 5.92 Å². The van der Waals surface area contributed by atoms with Crippen LogP contribution < -0.4 is 0 Å². The Morgan fingerprint density at radius 3 is 2.17 bits per heavy atom. The van der Waals surface area contributed by atoms with Gasteiger partial charge in [-0.05, 0) is 17.5 Å². The molecule has 0 bridgehead atoms. The Balaban J connectivity index is 1.88. The van der Waals surface area contributed by atoms with Crippen molar-refractivity contribution in [3.05, 3.63) is 71.8 Å². The molecule has 3 rings (SSSR count). The molecule has 0 spiro atoms. The first-order valence-electron chi connectivity index (χ1n) is 11.4. The van der Waals surface area contributed by atoms with E-state index < -0.39 is 5.60 Å². The van der Waals surface area contributed by atoms with E-state index in [4.69, 9.17) is 4.74 Å². The highest BCUT2D eigenvalue weighted by Crippen LogP contribution is 2.42.